The Balaban J connectivity index is 1.28. The van der Waals surface area contributed by atoms with Crippen LogP contribution in [0.2, 0.25) is 0 Å². The number of aldehydes is 2. The number of nitrogens with one attached hydrogen (secondary N) is 2. The number of hydrogen-bond acceptors (Lipinski definition) is 10. The number of nitrogen functional groups attached to an aromatic ring is 1. The fourth-order valence-corrected chi connectivity index (χ4v) is 6.39. The van der Waals surface area contributed by atoms with Crippen LogP contribution in [0.5, 0.6) is 5.75 Å². The van der Waals surface area contributed by atoms with Gasteiger partial charge in [0.05, 0.1) is 30.4 Å². The third-order valence-electron chi connectivity index (χ3n) is 9.47. The van der Waals surface area contributed by atoms with E-state index in [0.717, 1.165) is 75.3 Å². The van der Waals surface area contributed by atoms with E-state index in [9.17, 15) is 19.2 Å². The lowest BCUT2D eigenvalue weighted by Gasteiger charge is -2.38. The van der Waals surface area contributed by atoms with E-state index in [1.165, 1.54) is 19.0 Å². The van der Waals surface area contributed by atoms with E-state index >= 15 is 0 Å². The van der Waals surface area contributed by atoms with Gasteiger partial charge in [0.15, 0.2) is 6.29 Å². The average Bonchev–Trinajstić information content (AvgIpc) is 3.11. The van der Waals surface area contributed by atoms with Gasteiger partial charge in [-0.1, -0.05) is 0 Å². The third-order valence-corrected chi connectivity index (χ3v) is 9.47. The first-order valence-corrected chi connectivity index (χ1v) is 16.4. The van der Waals surface area contributed by atoms with Crippen LogP contribution in [-0.2, 0) is 9.59 Å². The first kappa shape index (κ1) is 35.4. The summed E-state index contributed by atoms with van der Waals surface area (Å²) in [4.78, 5) is 59.6. The molecule has 1 atom stereocenters. The Morgan fingerprint density at radius 1 is 1.06 bits per heavy atom. The standard InChI is InChI=1S/C35H49N7O5/c1-37-32-17-26(31(36)19-33(32)47-4)20-39-27-11-13-41(14-12-27)21-24-9-15-42(16-10-24)28-6-5-25(22-43)30(18-28)35(46)40(3)29(23-44)7-8-34(45)38-2/h5-6,17-20,22-24,27,29,37H,7-16,21,36H2,1-4H3,(H,38,45). The van der Waals surface area contributed by atoms with E-state index in [4.69, 9.17) is 15.5 Å². The summed E-state index contributed by atoms with van der Waals surface area (Å²) in [6.07, 6.45) is 7.64. The van der Waals surface area contributed by atoms with Gasteiger partial charge in [0, 0.05) is 95.1 Å². The highest BCUT2D eigenvalue weighted by Gasteiger charge is 2.27. The summed E-state index contributed by atoms with van der Waals surface area (Å²) >= 11 is 0. The SMILES string of the molecule is CNC(=O)CCC(C=O)N(C)C(=O)c1cc(N2CCC(CN3CCC(N=Cc4cc(NC)c(OC)cc4N)CC3)CC2)ccc1C=O. The van der Waals surface area contributed by atoms with Gasteiger partial charge in [-0.3, -0.25) is 19.4 Å². The molecule has 0 bridgehead atoms. The Labute approximate surface area is 277 Å². The average molecular weight is 648 g/mol. The van der Waals surface area contributed by atoms with Gasteiger partial charge in [0.2, 0.25) is 5.91 Å². The highest BCUT2D eigenvalue weighted by atomic mass is 16.5. The number of nitrogens with two attached hydrogens (primary N) is 1. The summed E-state index contributed by atoms with van der Waals surface area (Å²) in [6.45, 7) is 4.80. The Kier molecular flexibility index (Phi) is 12.7. The van der Waals surface area contributed by atoms with Crippen molar-refractivity contribution < 1.29 is 23.9 Å². The van der Waals surface area contributed by atoms with E-state index in [-0.39, 0.29) is 35.9 Å². The van der Waals surface area contributed by atoms with E-state index in [1.54, 1.807) is 19.2 Å². The quantitative estimate of drug-likeness (QED) is 0.160. The number of piperidine rings is 2. The molecule has 0 spiro atoms. The Morgan fingerprint density at radius 3 is 2.40 bits per heavy atom. The van der Waals surface area contributed by atoms with E-state index in [1.807, 2.05) is 31.5 Å². The number of benzene rings is 2. The molecule has 254 valence electrons. The number of anilines is 3. The van der Waals surface area contributed by atoms with Gasteiger partial charge in [-0.2, -0.15) is 0 Å². The number of methoxy groups -OCH3 is 1. The van der Waals surface area contributed by atoms with Gasteiger partial charge in [-0.15, -0.1) is 0 Å². The smallest absolute Gasteiger partial charge is 0.255 e. The molecule has 12 nitrogen and oxygen atoms in total. The number of likely N-dealkylation sites (N-methyl/N-ethyl adjacent to an activating group) is 1. The maximum Gasteiger partial charge on any atom is 0.255 e. The Morgan fingerprint density at radius 2 is 1.79 bits per heavy atom. The first-order chi connectivity index (χ1) is 22.7. The minimum Gasteiger partial charge on any atom is -0.495 e. The molecule has 0 aliphatic carbocycles. The number of rotatable bonds is 14. The second kappa shape index (κ2) is 16.9. The largest absolute Gasteiger partial charge is 0.495 e. The zero-order valence-corrected chi connectivity index (χ0v) is 28.0. The van der Waals surface area contributed by atoms with Crippen LogP contribution in [0.3, 0.4) is 0 Å². The number of carbonyl (C=O) groups excluding carboxylic acids is 4. The van der Waals surface area contributed by atoms with Gasteiger partial charge < -0.3 is 40.6 Å². The van der Waals surface area contributed by atoms with Crippen LogP contribution in [0.15, 0.2) is 35.3 Å². The van der Waals surface area contributed by atoms with Crippen molar-refractivity contribution in [3.63, 3.8) is 0 Å². The molecule has 2 fully saturated rings. The molecule has 4 N–H and O–H groups in total. The van der Waals surface area contributed by atoms with Crippen LogP contribution >= 0.6 is 0 Å². The van der Waals surface area contributed by atoms with Crippen molar-refractivity contribution in [2.75, 3.05) is 76.9 Å². The fraction of sp³-hybridized carbons (Fsp3) is 0.514. The first-order valence-electron chi connectivity index (χ1n) is 16.4. The summed E-state index contributed by atoms with van der Waals surface area (Å²) < 4.78 is 5.38. The molecule has 0 aromatic heterocycles. The highest BCUT2D eigenvalue weighted by Crippen LogP contribution is 2.30. The molecule has 2 aliphatic heterocycles. The van der Waals surface area contributed by atoms with Crippen LogP contribution in [0.25, 0.3) is 0 Å². The summed E-state index contributed by atoms with van der Waals surface area (Å²) in [5, 5.41) is 5.66. The lowest BCUT2D eigenvalue weighted by molar-refractivity contribution is -0.121. The number of hydrogen-bond donors (Lipinski definition) is 3. The van der Waals surface area contributed by atoms with Gasteiger partial charge in [-0.25, -0.2) is 0 Å². The molecule has 2 aromatic rings. The predicted octanol–water partition coefficient (Wildman–Crippen LogP) is 3.10. The number of nitrogens with zero attached hydrogens (tertiary/aromatic N) is 4. The Bertz CT molecular complexity index is 1430. The van der Waals surface area contributed by atoms with Crippen molar-refractivity contribution in [2.45, 2.75) is 50.6 Å². The monoisotopic (exact) mass is 647 g/mol. The number of likely N-dealkylation sites (tertiary alicyclic amines) is 1. The molecule has 4 rings (SSSR count). The topological polar surface area (TPSA) is 150 Å². The zero-order valence-electron chi connectivity index (χ0n) is 28.0. The second-order valence-electron chi connectivity index (χ2n) is 12.4. The second-order valence-corrected chi connectivity index (χ2v) is 12.4. The zero-order chi connectivity index (χ0) is 33.9. The van der Waals surface area contributed by atoms with E-state index in [0.29, 0.717) is 29.9 Å². The number of ether oxygens (including phenoxy) is 1. The molecule has 2 heterocycles. The van der Waals surface area contributed by atoms with Crippen molar-refractivity contribution in [2.24, 2.45) is 10.9 Å². The van der Waals surface area contributed by atoms with Crippen LogP contribution < -0.4 is 26.0 Å². The third kappa shape index (κ3) is 9.09. The van der Waals surface area contributed by atoms with E-state index in [2.05, 4.69) is 20.4 Å². The van der Waals surface area contributed by atoms with Crippen molar-refractivity contribution in [3.8, 4) is 5.75 Å². The van der Waals surface area contributed by atoms with Gasteiger partial charge >= 0.3 is 0 Å². The maximum atomic E-state index is 13.4. The molecule has 0 saturated carbocycles. The number of carbonyl (C=O) groups is 4. The van der Waals surface area contributed by atoms with Crippen molar-refractivity contribution in [1.82, 2.24) is 15.1 Å². The van der Waals surface area contributed by atoms with Crippen LogP contribution in [0.4, 0.5) is 17.1 Å². The lowest BCUT2D eigenvalue weighted by atomic mass is 9.94. The van der Waals surface area contributed by atoms with Gasteiger partial charge in [0.1, 0.15) is 12.0 Å². The summed E-state index contributed by atoms with van der Waals surface area (Å²) in [5.74, 6) is 0.674. The lowest BCUT2D eigenvalue weighted by Crippen LogP contribution is -2.42. The molecule has 2 amide bonds. The highest BCUT2D eigenvalue weighted by molar-refractivity contribution is 6.03. The molecule has 12 heteroatoms. The fourth-order valence-electron chi connectivity index (χ4n) is 6.39. The molecule has 2 aromatic carbocycles. The van der Waals surface area contributed by atoms with Crippen molar-refractivity contribution in [3.05, 3.63) is 47.0 Å². The molecule has 47 heavy (non-hydrogen) atoms. The predicted molar refractivity (Wildman–Crippen MR) is 186 cm³/mol. The normalized spacial score (nSPS) is 16.9. The van der Waals surface area contributed by atoms with Crippen LogP contribution in [-0.4, -0.2) is 113 Å². The number of amides is 2. The molecular weight excluding hydrogens is 598 g/mol. The summed E-state index contributed by atoms with van der Waals surface area (Å²) in [6, 6.07) is 8.60. The minimum absolute atomic E-state index is 0.122. The Hall–Kier alpha value is -4.45. The number of aliphatic imine (C=N–C) groups is 1. The van der Waals surface area contributed by atoms with Crippen molar-refractivity contribution in [1.29, 1.82) is 0 Å². The molecule has 1 unspecified atom stereocenters. The summed E-state index contributed by atoms with van der Waals surface area (Å²) in [7, 11) is 6.54. The van der Waals surface area contributed by atoms with Crippen LogP contribution in [0, 0.1) is 5.92 Å². The van der Waals surface area contributed by atoms with Gasteiger partial charge in [-0.05, 0) is 62.3 Å². The maximum absolute atomic E-state index is 13.4. The molecule has 2 aliphatic rings. The van der Waals surface area contributed by atoms with E-state index < -0.39 is 11.9 Å². The minimum atomic E-state index is -0.769. The molecular formula is C35H49N7O5. The van der Waals surface area contributed by atoms with Crippen molar-refractivity contribution >= 4 is 47.7 Å². The summed E-state index contributed by atoms with van der Waals surface area (Å²) in [5.41, 5.74) is 10.1. The van der Waals surface area contributed by atoms with Gasteiger partial charge in [0.25, 0.3) is 5.91 Å². The van der Waals surface area contributed by atoms with Crippen LogP contribution in [0.1, 0.15) is 64.8 Å². The molecule has 2 saturated heterocycles. The molecule has 0 radical (unpaired) electrons.